The van der Waals surface area contributed by atoms with Gasteiger partial charge in [-0.1, -0.05) is 19.1 Å². The van der Waals surface area contributed by atoms with Crippen LogP contribution in [0.25, 0.3) is 11.0 Å². The van der Waals surface area contributed by atoms with Crippen LogP contribution in [-0.2, 0) is 16.1 Å². The first kappa shape index (κ1) is 18.4. The lowest BCUT2D eigenvalue weighted by Gasteiger charge is -2.27. The van der Waals surface area contributed by atoms with Crippen LogP contribution in [0.4, 0.5) is 0 Å². The quantitative estimate of drug-likeness (QED) is 0.799. The first-order valence-electron chi connectivity index (χ1n) is 8.03. The maximum absolute atomic E-state index is 12.1. The highest BCUT2D eigenvalue weighted by Crippen LogP contribution is 2.16. The Labute approximate surface area is 145 Å². The van der Waals surface area contributed by atoms with Crippen molar-refractivity contribution < 1.29 is 14.3 Å². The maximum atomic E-state index is 12.1. The van der Waals surface area contributed by atoms with Crippen LogP contribution in [0.3, 0.4) is 0 Å². The van der Waals surface area contributed by atoms with Gasteiger partial charge in [0.1, 0.15) is 11.1 Å². The van der Waals surface area contributed by atoms with Gasteiger partial charge in [0.25, 0.3) is 5.91 Å². The fourth-order valence-electron chi connectivity index (χ4n) is 2.17. The van der Waals surface area contributed by atoms with Crippen molar-refractivity contribution in [2.24, 2.45) is 5.92 Å². The molecule has 0 unspecified atom stereocenters. The number of amides is 1. The van der Waals surface area contributed by atoms with Gasteiger partial charge < -0.3 is 10.1 Å². The highest BCUT2D eigenvalue weighted by atomic mass is 16.5. The molecule has 0 fully saturated rings. The average Bonchev–Trinajstić information content (AvgIpc) is 3.01. The Bertz CT molecular complexity index is 836. The Morgan fingerprint density at radius 3 is 2.76 bits per heavy atom. The van der Waals surface area contributed by atoms with Gasteiger partial charge in [-0.3, -0.25) is 4.79 Å². The summed E-state index contributed by atoms with van der Waals surface area (Å²) in [6.07, 6.45) is 0. The number of nitrogens with one attached hydrogen (secondary N) is 1. The van der Waals surface area contributed by atoms with Crippen LogP contribution in [-0.4, -0.2) is 39.0 Å². The molecule has 0 saturated heterocycles. The molecule has 8 nitrogen and oxygen atoms in total. The Morgan fingerprint density at radius 1 is 1.44 bits per heavy atom. The summed E-state index contributed by atoms with van der Waals surface area (Å²) in [4.78, 5) is 24.1. The molecule has 1 amide bonds. The van der Waals surface area contributed by atoms with Crippen LogP contribution in [0, 0.1) is 17.2 Å². The van der Waals surface area contributed by atoms with E-state index in [0.29, 0.717) is 12.1 Å². The van der Waals surface area contributed by atoms with Crippen LogP contribution < -0.4 is 5.32 Å². The van der Waals surface area contributed by atoms with Crippen molar-refractivity contribution in [3.8, 4) is 6.07 Å². The summed E-state index contributed by atoms with van der Waals surface area (Å²) < 4.78 is 6.74. The largest absolute Gasteiger partial charge is 0.452 e. The number of rotatable bonds is 6. The number of nitriles is 1. The summed E-state index contributed by atoms with van der Waals surface area (Å²) in [5.41, 5.74) is 0.674. The van der Waals surface area contributed by atoms with Crippen molar-refractivity contribution in [2.45, 2.75) is 39.8 Å². The number of fused-ring (bicyclic) bond motifs is 1. The monoisotopic (exact) mass is 343 g/mol. The zero-order valence-corrected chi connectivity index (χ0v) is 14.7. The molecule has 8 heteroatoms. The zero-order chi connectivity index (χ0) is 18.6. The molecule has 2 aromatic rings. The number of carbonyl (C=O) groups excluding carboxylic acids is 2. The van der Waals surface area contributed by atoms with Gasteiger partial charge in [-0.15, -0.1) is 5.10 Å². The van der Waals surface area contributed by atoms with Gasteiger partial charge in [0.15, 0.2) is 6.61 Å². The number of aryl methyl sites for hydroxylation is 1. The van der Waals surface area contributed by atoms with Gasteiger partial charge in [-0.2, -0.15) is 5.26 Å². The molecule has 0 saturated carbocycles. The summed E-state index contributed by atoms with van der Waals surface area (Å²) in [5.74, 6) is -1.24. The summed E-state index contributed by atoms with van der Waals surface area (Å²) in [7, 11) is 0. The predicted octanol–water partition coefficient (Wildman–Crippen LogP) is 1.66. The normalized spacial score (nSPS) is 13.3. The van der Waals surface area contributed by atoms with Crippen molar-refractivity contribution >= 4 is 22.9 Å². The van der Waals surface area contributed by atoms with Crippen molar-refractivity contribution in [3.05, 3.63) is 23.8 Å². The summed E-state index contributed by atoms with van der Waals surface area (Å²) >= 11 is 0. The highest BCUT2D eigenvalue weighted by molar-refractivity contribution is 5.94. The number of benzene rings is 1. The van der Waals surface area contributed by atoms with E-state index >= 15 is 0 Å². The topological polar surface area (TPSA) is 110 Å². The number of nitrogens with zero attached hydrogens (tertiary/aromatic N) is 4. The molecule has 0 spiro atoms. The van der Waals surface area contributed by atoms with Crippen molar-refractivity contribution in [1.29, 1.82) is 5.26 Å². The number of aromatic nitrogens is 3. The average molecular weight is 343 g/mol. The van der Waals surface area contributed by atoms with E-state index in [9.17, 15) is 14.9 Å². The third-order valence-electron chi connectivity index (χ3n) is 4.17. The van der Waals surface area contributed by atoms with Gasteiger partial charge in [0.2, 0.25) is 0 Å². The van der Waals surface area contributed by atoms with Crippen LogP contribution in [0.1, 0.15) is 38.1 Å². The minimum Gasteiger partial charge on any atom is -0.452 e. The lowest BCUT2D eigenvalue weighted by molar-refractivity contribution is -0.125. The molecule has 0 bridgehead atoms. The molecule has 132 valence electrons. The third-order valence-corrected chi connectivity index (χ3v) is 4.17. The molecule has 1 aromatic heterocycles. The second-order valence-corrected chi connectivity index (χ2v) is 6.20. The first-order valence-corrected chi connectivity index (χ1v) is 8.03. The minimum absolute atomic E-state index is 0.0827. The van der Waals surface area contributed by atoms with Crippen molar-refractivity contribution in [3.63, 3.8) is 0 Å². The summed E-state index contributed by atoms with van der Waals surface area (Å²) in [5, 5.41) is 19.8. The number of hydrogen-bond donors (Lipinski definition) is 1. The molecule has 0 radical (unpaired) electrons. The van der Waals surface area contributed by atoms with E-state index in [2.05, 4.69) is 21.7 Å². The van der Waals surface area contributed by atoms with E-state index in [-0.39, 0.29) is 11.5 Å². The molecule has 1 heterocycles. The lowest BCUT2D eigenvalue weighted by atomic mass is 9.90. The van der Waals surface area contributed by atoms with E-state index in [4.69, 9.17) is 4.74 Å². The Morgan fingerprint density at radius 2 is 2.16 bits per heavy atom. The molecule has 25 heavy (non-hydrogen) atoms. The first-order chi connectivity index (χ1) is 11.8. The Kier molecular flexibility index (Phi) is 5.37. The van der Waals surface area contributed by atoms with Crippen molar-refractivity contribution in [2.75, 3.05) is 6.61 Å². The number of carbonyl (C=O) groups is 2. The molecule has 0 aliphatic carbocycles. The SMILES string of the molecule is CCn1nnc2cc(C(=O)OCC(=O)N[C@@](C)(C#N)C(C)C)ccc21. The smallest absolute Gasteiger partial charge is 0.338 e. The van der Waals surface area contributed by atoms with E-state index in [0.717, 1.165) is 5.52 Å². The molecule has 1 N–H and O–H groups in total. The Balaban J connectivity index is 2.00. The molecule has 2 rings (SSSR count). The second-order valence-electron chi connectivity index (χ2n) is 6.20. The second kappa shape index (κ2) is 7.30. The van der Waals surface area contributed by atoms with E-state index < -0.39 is 24.0 Å². The Hall–Kier alpha value is -2.95. The van der Waals surface area contributed by atoms with Gasteiger partial charge in [0.05, 0.1) is 17.1 Å². The molecular weight excluding hydrogens is 322 g/mol. The minimum atomic E-state index is -1.01. The van der Waals surface area contributed by atoms with E-state index in [1.807, 2.05) is 20.8 Å². The standard InChI is InChI=1S/C17H21N5O3/c1-5-22-14-7-6-12(8-13(14)20-21-22)16(24)25-9-15(23)19-17(4,10-18)11(2)3/h6-8,11H,5,9H2,1-4H3,(H,19,23)/t17-/m0/s1. The van der Waals surface area contributed by atoms with Crippen LogP contribution in [0.5, 0.6) is 0 Å². The number of hydrogen-bond acceptors (Lipinski definition) is 6. The predicted molar refractivity (Wildman–Crippen MR) is 90.5 cm³/mol. The van der Waals surface area contributed by atoms with Gasteiger partial charge >= 0.3 is 5.97 Å². The molecule has 0 aliphatic heterocycles. The maximum Gasteiger partial charge on any atom is 0.338 e. The molecule has 0 aliphatic rings. The lowest BCUT2D eigenvalue weighted by Crippen LogP contribution is -2.50. The van der Waals surface area contributed by atoms with Gasteiger partial charge in [0, 0.05) is 6.54 Å². The van der Waals surface area contributed by atoms with Gasteiger partial charge in [-0.05, 0) is 38.0 Å². The highest BCUT2D eigenvalue weighted by Gasteiger charge is 2.30. The zero-order valence-electron chi connectivity index (χ0n) is 14.7. The van der Waals surface area contributed by atoms with Gasteiger partial charge in [-0.25, -0.2) is 9.48 Å². The molecular formula is C17H21N5O3. The third kappa shape index (κ3) is 3.94. The molecule has 1 aromatic carbocycles. The van der Waals surface area contributed by atoms with E-state index in [1.54, 1.807) is 29.8 Å². The summed E-state index contributed by atoms with van der Waals surface area (Å²) in [6, 6.07) is 6.98. The van der Waals surface area contributed by atoms with Crippen molar-refractivity contribution in [1.82, 2.24) is 20.3 Å². The fraction of sp³-hybridized carbons (Fsp3) is 0.471. The fourth-order valence-corrected chi connectivity index (χ4v) is 2.17. The summed E-state index contributed by atoms with van der Waals surface area (Å²) in [6.45, 7) is 7.45. The van der Waals surface area contributed by atoms with Crippen LogP contribution >= 0.6 is 0 Å². The number of esters is 1. The van der Waals surface area contributed by atoms with E-state index in [1.165, 1.54) is 0 Å². The van der Waals surface area contributed by atoms with Crippen LogP contribution in [0.15, 0.2) is 18.2 Å². The van der Waals surface area contributed by atoms with Crippen LogP contribution in [0.2, 0.25) is 0 Å². The number of ether oxygens (including phenoxy) is 1. The molecule has 1 atom stereocenters.